The summed E-state index contributed by atoms with van der Waals surface area (Å²) in [4.78, 5) is 24.2. The highest BCUT2D eigenvalue weighted by molar-refractivity contribution is 7.89. The van der Waals surface area contributed by atoms with E-state index < -0.39 is 27.9 Å². The van der Waals surface area contributed by atoms with Crippen LogP contribution in [0.1, 0.15) is 18.4 Å². The number of hydrogen-bond acceptors (Lipinski definition) is 9. The number of carbonyl (C=O) groups is 2. The van der Waals surface area contributed by atoms with Crippen LogP contribution < -0.4 is 31.0 Å². The van der Waals surface area contributed by atoms with Crippen LogP contribution in [0, 0.1) is 11.3 Å². The third-order valence-corrected chi connectivity index (χ3v) is 6.85. The molecule has 4 rings (SSSR count). The molecule has 3 aromatic rings. The number of carbonyl (C=O) groups excluding carboxylic acids is 2. The first-order valence-electron chi connectivity index (χ1n) is 11.0. The van der Waals surface area contributed by atoms with Crippen molar-refractivity contribution in [2.24, 2.45) is 5.73 Å². The number of nitrogen functional groups attached to an aromatic ring is 1. The van der Waals surface area contributed by atoms with Crippen LogP contribution in [-0.2, 0) is 19.6 Å². The lowest BCUT2D eigenvalue weighted by Crippen LogP contribution is -2.44. The molecule has 2 aromatic carbocycles. The first kappa shape index (κ1) is 25.5. The smallest absolute Gasteiger partial charge is 0.242 e. The van der Waals surface area contributed by atoms with Gasteiger partial charge in [0.1, 0.15) is 30.9 Å². The van der Waals surface area contributed by atoms with Gasteiger partial charge in [-0.15, -0.1) is 5.10 Å². The van der Waals surface area contributed by atoms with Crippen LogP contribution in [0.25, 0.3) is 5.69 Å². The average molecular weight is 526 g/mol. The molecule has 0 aliphatic carbocycles. The number of anilines is 2. The number of nitrogens with two attached hydrogens (primary N) is 2. The van der Waals surface area contributed by atoms with Gasteiger partial charge in [-0.1, -0.05) is 0 Å². The molecule has 0 spiro atoms. The maximum atomic E-state index is 13.0. The Balaban J connectivity index is 1.50. The fourth-order valence-electron chi connectivity index (χ4n) is 3.51. The molecule has 1 aliphatic rings. The summed E-state index contributed by atoms with van der Waals surface area (Å²) in [5.74, 6) is -0.602. The molecule has 37 heavy (non-hydrogen) atoms. The van der Waals surface area contributed by atoms with Gasteiger partial charge in [-0.2, -0.15) is 9.98 Å². The van der Waals surface area contributed by atoms with Gasteiger partial charge in [0.25, 0.3) is 0 Å². The zero-order valence-corrected chi connectivity index (χ0v) is 20.2. The number of ether oxygens (including phenoxy) is 2. The van der Waals surface area contributed by atoms with Gasteiger partial charge in [0.2, 0.25) is 21.8 Å². The van der Waals surface area contributed by atoms with Crippen LogP contribution >= 0.6 is 0 Å². The van der Waals surface area contributed by atoms with E-state index in [0.717, 1.165) is 0 Å². The molecular weight excluding hydrogens is 502 g/mol. The molecule has 1 aromatic heterocycles. The Morgan fingerprint density at radius 3 is 2.49 bits per heavy atom. The molecular formula is C23H23N7O6S. The first-order valence-corrected chi connectivity index (χ1v) is 12.5. The van der Waals surface area contributed by atoms with Crippen molar-refractivity contribution in [2.45, 2.75) is 23.8 Å². The third-order valence-electron chi connectivity index (χ3n) is 5.38. The van der Waals surface area contributed by atoms with Gasteiger partial charge >= 0.3 is 0 Å². The molecule has 0 radical (unpaired) electrons. The number of amides is 2. The van der Waals surface area contributed by atoms with E-state index in [1.165, 1.54) is 29.1 Å². The van der Waals surface area contributed by atoms with Gasteiger partial charge < -0.3 is 26.3 Å². The van der Waals surface area contributed by atoms with E-state index >= 15 is 0 Å². The van der Waals surface area contributed by atoms with Crippen molar-refractivity contribution in [1.29, 1.82) is 5.26 Å². The molecule has 192 valence electrons. The third kappa shape index (κ3) is 5.97. The van der Waals surface area contributed by atoms with Crippen LogP contribution in [0.2, 0.25) is 0 Å². The van der Waals surface area contributed by atoms with Gasteiger partial charge in [-0.3, -0.25) is 9.59 Å². The van der Waals surface area contributed by atoms with E-state index in [4.69, 9.17) is 26.2 Å². The summed E-state index contributed by atoms with van der Waals surface area (Å²) >= 11 is 0. The summed E-state index contributed by atoms with van der Waals surface area (Å²) in [6, 6.07) is 11.1. The second kappa shape index (κ2) is 10.6. The number of aromatic nitrogens is 2. The fourth-order valence-corrected chi connectivity index (χ4v) is 4.75. The Bertz CT molecular complexity index is 1480. The number of rotatable bonds is 9. The van der Waals surface area contributed by atoms with Crippen molar-refractivity contribution in [3.63, 3.8) is 0 Å². The van der Waals surface area contributed by atoms with Gasteiger partial charge in [-0.25, -0.2) is 13.1 Å². The summed E-state index contributed by atoms with van der Waals surface area (Å²) in [6.45, 7) is 0.629. The van der Waals surface area contributed by atoms with Crippen LogP contribution in [0.3, 0.4) is 0 Å². The normalized spacial score (nSPS) is 13.4. The monoisotopic (exact) mass is 525 g/mol. The maximum absolute atomic E-state index is 13.0. The van der Waals surface area contributed by atoms with Crippen molar-refractivity contribution in [3.05, 3.63) is 54.2 Å². The van der Waals surface area contributed by atoms with E-state index in [9.17, 15) is 18.0 Å². The molecule has 0 saturated heterocycles. The molecule has 2 amide bonds. The van der Waals surface area contributed by atoms with E-state index in [0.29, 0.717) is 23.7 Å². The van der Waals surface area contributed by atoms with Crippen LogP contribution in [0.4, 0.5) is 11.5 Å². The SMILES string of the molecule is N#Cc1cn(-c2ccc(NC(=O)C(CCC(N)=O)NS(=O)(=O)c3ccc4c(c3)OCCO4)cc2)nc1N. The first-order chi connectivity index (χ1) is 17.7. The molecule has 2 heterocycles. The zero-order chi connectivity index (χ0) is 26.6. The summed E-state index contributed by atoms with van der Waals surface area (Å²) in [6.07, 6.45) is 1.09. The number of nitriles is 1. The van der Waals surface area contributed by atoms with E-state index in [1.807, 2.05) is 6.07 Å². The summed E-state index contributed by atoms with van der Waals surface area (Å²) in [5, 5.41) is 15.7. The lowest BCUT2D eigenvalue weighted by Gasteiger charge is -2.21. The maximum Gasteiger partial charge on any atom is 0.242 e. The predicted octanol–water partition coefficient (Wildman–Crippen LogP) is 0.648. The number of hydrogen-bond donors (Lipinski definition) is 4. The lowest BCUT2D eigenvalue weighted by atomic mass is 10.1. The molecule has 6 N–H and O–H groups in total. The highest BCUT2D eigenvalue weighted by atomic mass is 32.2. The highest BCUT2D eigenvalue weighted by Gasteiger charge is 2.27. The Morgan fingerprint density at radius 2 is 1.84 bits per heavy atom. The van der Waals surface area contributed by atoms with Crippen molar-refractivity contribution >= 4 is 33.3 Å². The highest BCUT2D eigenvalue weighted by Crippen LogP contribution is 2.32. The second-order valence-corrected chi connectivity index (χ2v) is 9.72. The number of fused-ring (bicyclic) bond motifs is 1. The van der Waals surface area contributed by atoms with Gasteiger partial charge in [0.15, 0.2) is 17.3 Å². The van der Waals surface area contributed by atoms with Gasteiger partial charge in [0.05, 0.1) is 16.8 Å². The van der Waals surface area contributed by atoms with Gasteiger partial charge in [-0.05, 0) is 42.8 Å². The molecule has 0 fully saturated rings. The van der Waals surface area contributed by atoms with E-state index in [2.05, 4.69) is 15.1 Å². The molecule has 13 nitrogen and oxygen atoms in total. The number of nitrogens with one attached hydrogen (secondary N) is 2. The number of primary amides is 1. The van der Waals surface area contributed by atoms with Crippen LogP contribution in [-0.4, -0.2) is 49.3 Å². The Morgan fingerprint density at radius 1 is 1.14 bits per heavy atom. The van der Waals surface area contributed by atoms with Crippen molar-refractivity contribution in [1.82, 2.24) is 14.5 Å². The summed E-state index contributed by atoms with van der Waals surface area (Å²) in [7, 11) is -4.17. The van der Waals surface area contributed by atoms with Crippen LogP contribution in [0.15, 0.2) is 53.6 Å². The number of benzene rings is 2. The molecule has 0 bridgehead atoms. The fraction of sp³-hybridized carbons (Fsp3) is 0.217. The van der Waals surface area contributed by atoms with Crippen molar-refractivity contribution < 1.29 is 27.5 Å². The molecule has 0 saturated carbocycles. The van der Waals surface area contributed by atoms with Crippen molar-refractivity contribution in [2.75, 3.05) is 24.3 Å². The Kier molecular flexibility index (Phi) is 7.27. The van der Waals surface area contributed by atoms with Gasteiger partial charge in [0, 0.05) is 18.2 Å². The molecule has 14 heteroatoms. The number of sulfonamides is 1. The minimum Gasteiger partial charge on any atom is -0.486 e. The van der Waals surface area contributed by atoms with E-state index in [-0.39, 0.29) is 41.5 Å². The largest absolute Gasteiger partial charge is 0.486 e. The van der Waals surface area contributed by atoms with Crippen molar-refractivity contribution in [3.8, 4) is 23.3 Å². The molecule has 1 unspecified atom stereocenters. The second-order valence-electron chi connectivity index (χ2n) is 8.00. The standard InChI is InChI=1S/C23H23N7O6S/c24-12-14-13-30(28-22(14)26)16-3-1-15(2-4-16)27-23(32)18(6-8-21(25)31)29-37(33,34)17-5-7-19-20(11-17)36-10-9-35-19/h1-5,7,11,13,18,29H,6,8-10H2,(H2,25,31)(H2,26,28)(H,27,32). The number of nitrogens with zero attached hydrogens (tertiary/aromatic N) is 3. The summed E-state index contributed by atoms with van der Waals surface area (Å²) in [5.41, 5.74) is 12.1. The van der Waals surface area contributed by atoms with E-state index in [1.54, 1.807) is 24.3 Å². The predicted molar refractivity (Wildman–Crippen MR) is 131 cm³/mol. The molecule has 1 atom stereocenters. The topological polar surface area (TPSA) is 204 Å². The quantitative estimate of drug-likeness (QED) is 0.309. The average Bonchev–Trinajstić information content (AvgIpc) is 3.27. The zero-order valence-electron chi connectivity index (χ0n) is 19.4. The van der Waals surface area contributed by atoms with Crippen LogP contribution in [0.5, 0.6) is 11.5 Å². The lowest BCUT2D eigenvalue weighted by molar-refractivity contribution is -0.119. The molecule has 1 aliphatic heterocycles. The minimum absolute atomic E-state index is 0.0856. The Hall–Kier alpha value is -4.61. The minimum atomic E-state index is -4.17. The Labute approximate surface area is 212 Å². The summed E-state index contributed by atoms with van der Waals surface area (Å²) < 4.78 is 40.7.